The van der Waals surface area contributed by atoms with Crippen LogP contribution < -0.4 is 4.74 Å². The van der Waals surface area contributed by atoms with Crippen molar-refractivity contribution in [2.75, 3.05) is 13.7 Å². The van der Waals surface area contributed by atoms with E-state index in [9.17, 15) is 4.79 Å². The summed E-state index contributed by atoms with van der Waals surface area (Å²) in [6.45, 7) is 1.79. The van der Waals surface area contributed by atoms with Crippen LogP contribution in [0.4, 0.5) is 0 Å². The quantitative estimate of drug-likeness (QED) is 0.704. The Morgan fingerprint density at radius 3 is 2.87 bits per heavy atom. The number of methoxy groups -OCH3 is 1. The fraction of sp³-hybridized carbons (Fsp3) is 0.273. The van der Waals surface area contributed by atoms with E-state index in [0.717, 1.165) is 5.56 Å². The molecule has 0 bridgehead atoms. The van der Waals surface area contributed by atoms with Crippen molar-refractivity contribution >= 4 is 5.97 Å². The van der Waals surface area contributed by atoms with Crippen LogP contribution in [-0.4, -0.2) is 19.7 Å². The molecule has 78 valence electrons. The number of carbonyl (C=O) groups is 1. The van der Waals surface area contributed by atoms with Gasteiger partial charge in [-0.1, -0.05) is 6.07 Å². The molecule has 0 aromatic heterocycles. The number of rotatable bonds is 3. The average Bonchev–Trinajstić information content (AvgIpc) is 2.25. The molecular weight excluding hydrogens is 194 g/mol. The Labute approximate surface area is 88.0 Å². The summed E-state index contributed by atoms with van der Waals surface area (Å²) in [5.74, 6) is -0.0914. The number of carbonyl (C=O) groups excluding carboxylic acids is 1. The first-order valence-corrected chi connectivity index (χ1v) is 4.37. The molecule has 0 saturated heterocycles. The van der Waals surface area contributed by atoms with Gasteiger partial charge in [0, 0.05) is 0 Å². The van der Waals surface area contributed by atoms with Gasteiger partial charge in [-0.3, -0.25) is 0 Å². The highest BCUT2D eigenvalue weighted by Gasteiger charge is 2.12. The molecule has 0 saturated carbocycles. The van der Waals surface area contributed by atoms with Crippen LogP contribution in [0.15, 0.2) is 18.2 Å². The molecule has 0 spiro atoms. The smallest absolute Gasteiger partial charge is 0.341 e. The predicted octanol–water partition coefficient (Wildman–Crippen LogP) is 1.68. The molecule has 1 aromatic carbocycles. The zero-order valence-electron chi connectivity index (χ0n) is 8.61. The summed E-state index contributed by atoms with van der Waals surface area (Å²) in [6.07, 6.45) is 0. The molecule has 1 rings (SSSR count). The highest BCUT2D eigenvalue weighted by Crippen LogP contribution is 2.20. The Bertz CT molecular complexity index is 407. The molecule has 0 fully saturated rings. The minimum atomic E-state index is -0.470. The second kappa shape index (κ2) is 5.01. The Morgan fingerprint density at radius 2 is 2.27 bits per heavy atom. The number of aryl methyl sites for hydroxylation is 1. The van der Waals surface area contributed by atoms with Gasteiger partial charge in [0.2, 0.25) is 0 Å². The van der Waals surface area contributed by atoms with Crippen LogP contribution in [0.25, 0.3) is 0 Å². The van der Waals surface area contributed by atoms with E-state index in [-0.39, 0.29) is 6.61 Å². The third-order valence-corrected chi connectivity index (χ3v) is 1.83. The van der Waals surface area contributed by atoms with Crippen molar-refractivity contribution in [2.24, 2.45) is 0 Å². The lowest BCUT2D eigenvalue weighted by molar-refractivity contribution is 0.0596. The van der Waals surface area contributed by atoms with Crippen LogP contribution in [0.5, 0.6) is 5.75 Å². The van der Waals surface area contributed by atoms with Crippen LogP contribution in [0.3, 0.4) is 0 Å². The zero-order valence-corrected chi connectivity index (χ0v) is 8.61. The third kappa shape index (κ3) is 2.71. The van der Waals surface area contributed by atoms with Gasteiger partial charge >= 0.3 is 5.97 Å². The SMILES string of the molecule is COC(=O)c1ccc(C)cc1OCC#N. The molecule has 0 aliphatic rings. The lowest BCUT2D eigenvalue weighted by Crippen LogP contribution is -2.06. The van der Waals surface area contributed by atoms with Gasteiger partial charge in [0.05, 0.1) is 7.11 Å². The number of hydrogen-bond donors (Lipinski definition) is 0. The minimum absolute atomic E-state index is 0.0898. The van der Waals surface area contributed by atoms with Gasteiger partial charge in [-0.25, -0.2) is 4.79 Å². The first-order chi connectivity index (χ1) is 7.19. The van der Waals surface area contributed by atoms with Crippen molar-refractivity contribution in [3.05, 3.63) is 29.3 Å². The van der Waals surface area contributed by atoms with Crippen molar-refractivity contribution < 1.29 is 14.3 Å². The van der Waals surface area contributed by atoms with Gasteiger partial charge in [0.15, 0.2) is 6.61 Å². The number of benzene rings is 1. The van der Waals surface area contributed by atoms with Crippen molar-refractivity contribution in [1.29, 1.82) is 5.26 Å². The molecule has 4 heteroatoms. The molecule has 0 atom stereocenters. The van der Waals surface area contributed by atoms with Gasteiger partial charge in [-0.15, -0.1) is 0 Å². The van der Waals surface area contributed by atoms with E-state index < -0.39 is 5.97 Å². The third-order valence-electron chi connectivity index (χ3n) is 1.83. The largest absolute Gasteiger partial charge is 0.478 e. The summed E-state index contributed by atoms with van der Waals surface area (Å²) < 4.78 is 9.72. The number of nitriles is 1. The first kappa shape index (κ1) is 11.1. The normalized spacial score (nSPS) is 9.13. The monoisotopic (exact) mass is 205 g/mol. The number of ether oxygens (including phenoxy) is 2. The van der Waals surface area contributed by atoms with Crippen molar-refractivity contribution in [3.8, 4) is 11.8 Å². The van der Waals surface area contributed by atoms with E-state index >= 15 is 0 Å². The van der Waals surface area contributed by atoms with E-state index in [2.05, 4.69) is 4.74 Å². The van der Waals surface area contributed by atoms with E-state index in [0.29, 0.717) is 11.3 Å². The van der Waals surface area contributed by atoms with Crippen molar-refractivity contribution in [2.45, 2.75) is 6.92 Å². The topological polar surface area (TPSA) is 59.3 Å². The number of esters is 1. The fourth-order valence-electron chi connectivity index (χ4n) is 1.14. The second-order valence-corrected chi connectivity index (χ2v) is 2.94. The average molecular weight is 205 g/mol. The van der Waals surface area contributed by atoms with Crippen LogP contribution in [0, 0.1) is 18.3 Å². The van der Waals surface area contributed by atoms with Crippen LogP contribution in [-0.2, 0) is 4.74 Å². The molecule has 0 heterocycles. The van der Waals surface area contributed by atoms with E-state index in [1.165, 1.54) is 7.11 Å². The summed E-state index contributed by atoms with van der Waals surface area (Å²) in [5, 5.41) is 8.39. The van der Waals surface area contributed by atoms with Gasteiger partial charge in [-0.2, -0.15) is 5.26 Å². The molecular formula is C11H11NO3. The number of nitrogens with zero attached hydrogens (tertiary/aromatic N) is 1. The van der Waals surface area contributed by atoms with E-state index in [4.69, 9.17) is 10.00 Å². The maximum atomic E-state index is 11.3. The lowest BCUT2D eigenvalue weighted by Gasteiger charge is -2.08. The summed E-state index contributed by atoms with van der Waals surface area (Å²) in [6, 6.07) is 6.95. The Balaban J connectivity index is 3.04. The van der Waals surface area contributed by atoms with Crippen LogP contribution in [0.2, 0.25) is 0 Å². The Kier molecular flexibility index (Phi) is 3.69. The molecule has 0 aliphatic carbocycles. The van der Waals surface area contributed by atoms with Gasteiger partial charge in [0.1, 0.15) is 17.4 Å². The fourth-order valence-corrected chi connectivity index (χ4v) is 1.14. The second-order valence-electron chi connectivity index (χ2n) is 2.94. The van der Waals surface area contributed by atoms with E-state index in [1.807, 2.05) is 13.0 Å². The molecule has 0 unspecified atom stereocenters. The zero-order chi connectivity index (χ0) is 11.3. The van der Waals surface area contributed by atoms with E-state index in [1.54, 1.807) is 18.2 Å². The van der Waals surface area contributed by atoms with Crippen LogP contribution >= 0.6 is 0 Å². The Morgan fingerprint density at radius 1 is 1.53 bits per heavy atom. The Hall–Kier alpha value is -2.02. The lowest BCUT2D eigenvalue weighted by atomic mass is 10.1. The van der Waals surface area contributed by atoms with Gasteiger partial charge in [0.25, 0.3) is 0 Å². The predicted molar refractivity (Wildman–Crippen MR) is 53.6 cm³/mol. The molecule has 0 radical (unpaired) electrons. The summed E-state index contributed by atoms with van der Waals surface area (Å²) in [5.41, 5.74) is 1.29. The highest BCUT2D eigenvalue weighted by atomic mass is 16.5. The maximum Gasteiger partial charge on any atom is 0.341 e. The molecule has 15 heavy (non-hydrogen) atoms. The summed E-state index contributed by atoms with van der Waals surface area (Å²) in [4.78, 5) is 11.3. The molecule has 0 N–H and O–H groups in total. The summed E-state index contributed by atoms with van der Waals surface area (Å²) >= 11 is 0. The highest BCUT2D eigenvalue weighted by molar-refractivity contribution is 5.92. The van der Waals surface area contributed by atoms with Gasteiger partial charge in [-0.05, 0) is 24.6 Å². The minimum Gasteiger partial charge on any atom is -0.478 e. The summed E-state index contributed by atoms with van der Waals surface area (Å²) in [7, 11) is 1.30. The van der Waals surface area contributed by atoms with Crippen molar-refractivity contribution in [3.63, 3.8) is 0 Å². The van der Waals surface area contributed by atoms with Crippen molar-refractivity contribution in [1.82, 2.24) is 0 Å². The molecule has 1 aromatic rings. The standard InChI is InChI=1S/C11H11NO3/c1-8-3-4-9(11(13)14-2)10(7-8)15-6-5-12/h3-4,7H,6H2,1-2H3. The maximum absolute atomic E-state index is 11.3. The molecule has 4 nitrogen and oxygen atoms in total. The number of hydrogen-bond acceptors (Lipinski definition) is 4. The first-order valence-electron chi connectivity index (χ1n) is 4.37. The van der Waals surface area contributed by atoms with Gasteiger partial charge < -0.3 is 9.47 Å². The van der Waals surface area contributed by atoms with Crippen LogP contribution in [0.1, 0.15) is 15.9 Å². The molecule has 0 amide bonds. The molecule has 0 aliphatic heterocycles.